The number of amides is 1. The minimum absolute atomic E-state index is 0.0542. The Balaban J connectivity index is 1.49. The molecule has 4 rings (SSSR count). The highest BCUT2D eigenvalue weighted by Crippen LogP contribution is 2.24. The van der Waals surface area contributed by atoms with Crippen LogP contribution in [-0.2, 0) is 6.42 Å². The van der Waals surface area contributed by atoms with E-state index in [1.165, 1.54) is 5.56 Å². The highest BCUT2D eigenvalue weighted by molar-refractivity contribution is 5.93. The van der Waals surface area contributed by atoms with Gasteiger partial charge in [-0.05, 0) is 61.9 Å². The summed E-state index contributed by atoms with van der Waals surface area (Å²) < 4.78 is 1.94. The fourth-order valence-electron chi connectivity index (χ4n) is 3.64. The highest BCUT2D eigenvalue weighted by Gasteiger charge is 2.30. The molecule has 1 atom stereocenters. The van der Waals surface area contributed by atoms with Gasteiger partial charge in [-0.25, -0.2) is 4.98 Å². The molecule has 0 aromatic carbocycles. The lowest BCUT2D eigenvalue weighted by Gasteiger charge is -2.24. The Labute approximate surface area is 147 Å². The molecule has 1 aliphatic heterocycles. The minimum Gasteiger partial charge on any atom is -0.334 e. The first-order chi connectivity index (χ1) is 12.2. The first kappa shape index (κ1) is 15.8. The van der Waals surface area contributed by atoms with Crippen molar-refractivity contribution >= 4 is 11.6 Å². The molecule has 5 nitrogen and oxygen atoms in total. The third-order valence-electron chi connectivity index (χ3n) is 4.97. The lowest BCUT2D eigenvalue weighted by molar-refractivity contribution is 0.0725. The number of rotatable bonds is 4. The summed E-state index contributed by atoms with van der Waals surface area (Å²) in [7, 11) is 0. The van der Waals surface area contributed by atoms with Gasteiger partial charge in [0, 0.05) is 37.4 Å². The summed E-state index contributed by atoms with van der Waals surface area (Å²) in [6.07, 6.45) is 11.6. The van der Waals surface area contributed by atoms with Gasteiger partial charge in [0.2, 0.25) is 0 Å². The van der Waals surface area contributed by atoms with Crippen molar-refractivity contribution in [2.45, 2.75) is 38.6 Å². The molecule has 0 bridgehead atoms. The van der Waals surface area contributed by atoms with Crippen molar-refractivity contribution in [1.29, 1.82) is 0 Å². The van der Waals surface area contributed by atoms with Gasteiger partial charge in [-0.2, -0.15) is 0 Å². The number of imidazole rings is 1. The zero-order chi connectivity index (χ0) is 17.2. The largest absolute Gasteiger partial charge is 0.334 e. The number of carbonyl (C=O) groups excluding carboxylic acids is 1. The zero-order valence-corrected chi connectivity index (χ0v) is 14.4. The van der Waals surface area contributed by atoms with Crippen LogP contribution in [-0.4, -0.2) is 37.8 Å². The van der Waals surface area contributed by atoms with E-state index in [9.17, 15) is 4.79 Å². The van der Waals surface area contributed by atoms with E-state index in [-0.39, 0.29) is 5.91 Å². The maximum Gasteiger partial charge on any atom is 0.274 e. The van der Waals surface area contributed by atoms with Crippen LogP contribution in [0.25, 0.3) is 5.65 Å². The number of aromatic nitrogens is 3. The van der Waals surface area contributed by atoms with Crippen molar-refractivity contribution in [3.8, 4) is 0 Å². The summed E-state index contributed by atoms with van der Waals surface area (Å²) in [5, 5.41) is 0. The topological polar surface area (TPSA) is 50.5 Å². The van der Waals surface area contributed by atoms with Gasteiger partial charge in [-0.1, -0.05) is 6.07 Å². The quantitative estimate of drug-likeness (QED) is 0.736. The molecule has 0 N–H and O–H groups in total. The van der Waals surface area contributed by atoms with Crippen LogP contribution in [0.5, 0.6) is 0 Å². The monoisotopic (exact) mass is 334 g/mol. The third-order valence-corrected chi connectivity index (χ3v) is 4.97. The fourth-order valence-corrected chi connectivity index (χ4v) is 3.64. The van der Waals surface area contributed by atoms with Crippen LogP contribution < -0.4 is 0 Å². The molecule has 0 aliphatic carbocycles. The first-order valence-corrected chi connectivity index (χ1v) is 8.86. The third kappa shape index (κ3) is 3.27. The second-order valence-electron chi connectivity index (χ2n) is 6.79. The number of pyridine rings is 2. The first-order valence-electron chi connectivity index (χ1n) is 8.86. The van der Waals surface area contributed by atoms with E-state index in [4.69, 9.17) is 0 Å². The Hall–Kier alpha value is -2.69. The van der Waals surface area contributed by atoms with Gasteiger partial charge in [0.25, 0.3) is 5.91 Å². The van der Waals surface area contributed by atoms with Crippen molar-refractivity contribution in [3.63, 3.8) is 0 Å². The molecule has 5 heteroatoms. The molecule has 128 valence electrons. The van der Waals surface area contributed by atoms with Crippen LogP contribution in [0.3, 0.4) is 0 Å². The van der Waals surface area contributed by atoms with Gasteiger partial charge >= 0.3 is 0 Å². The Morgan fingerprint density at radius 2 is 2.04 bits per heavy atom. The van der Waals surface area contributed by atoms with E-state index < -0.39 is 0 Å². The summed E-state index contributed by atoms with van der Waals surface area (Å²) in [5.41, 5.74) is 3.79. The van der Waals surface area contributed by atoms with Gasteiger partial charge in [0.1, 0.15) is 11.3 Å². The SMILES string of the molecule is Cc1ccc2nc(C(=O)N3CCC[C@@H]3CCc3ccncc3)cn2c1. The van der Waals surface area contributed by atoms with Crippen LogP contribution >= 0.6 is 0 Å². The predicted molar refractivity (Wildman–Crippen MR) is 96.5 cm³/mol. The molecule has 25 heavy (non-hydrogen) atoms. The molecular formula is C20H22N4O. The van der Waals surface area contributed by atoms with E-state index in [0.717, 1.165) is 43.4 Å². The molecule has 1 amide bonds. The van der Waals surface area contributed by atoms with E-state index in [1.54, 1.807) is 0 Å². The zero-order valence-electron chi connectivity index (χ0n) is 14.4. The van der Waals surface area contributed by atoms with Crippen molar-refractivity contribution < 1.29 is 4.79 Å². The van der Waals surface area contributed by atoms with Crippen LogP contribution in [0.1, 0.15) is 40.9 Å². The maximum atomic E-state index is 13.0. The summed E-state index contributed by atoms with van der Waals surface area (Å²) >= 11 is 0. The number of fused-ring (bicyclic) bond motifs is 1. The molecule has 0 saturated carbocycles. The molecule has 3 aromatic rings. The highest BCUT2D eigenvalue weighted by atomic mass is 16.2. The molecule has 1 aliphatic rings. The van der Waals surface area contributed by atoms with Crippen LogP contribution in [0.15, 0.2) is 49.1 Å². The molecule has 3 aromatic heterocycles. The molecule has 0 radical (unpaired) electrons. The standard InChI is InChI=1S/C20H22N4O/c1-15-4-7-19-22-18(14-23(19)13-15)20(25)24-12-2-3-17(24)6-5-16-8-10-21-11-9-16/h4,7-11,13-14,17H,2-3,5-6,12H2,1H3/t17-/m1/s1. The van der Waals surface area contributed by atoms with E-state index >= 15 is 0 Å². The second kappa shape index (κ2) is 6.67. The molecular weight excluding hydrogens is 312 g/mol. The van der Waals surface area contributed by atoms with Gasteiger partial charge in [-0.15, -0.1) is 0 Å². The lowest BCUT2D eigenvalue weighted by Crippen LogP contribution is -2.36. The Morgan fingerprint density at radius 1 is 1.20 bits per heavy atom. The molecule has 4 heterocycles. The van der Waals surface area contributed by atoms with Crippen LogP contribution in [0.2, 0.25) is 0 Å². The Kier molecular flexibility index (Phi) is 4.22. The van der Waals surface area contributed by atoms with Gasteiger partial charge in [0.15, 0.2) is 0 Å². The number of hydrogen-bond acceptors (Lipinski definition) is 3. The lowest BCUT2D eigenvalue weighted by atomic mass is 10.0. The molecule has 1 saturated heterocycles. The number of hydrogen-bond donors (Lipinski definition) is 0. The maximum absolute atomic E-state index is 13.0. The summed E-state index contributed by atoms with van der Waals surface area (Å²) in [5.74, 6) is 0.0542. The number of likely N-dealkylation sites (tertiary alicyclic amines) is 1. The average Bonchev–Trinajstić information content (AvgIpc) is 3.26. The Morgan fingerprint density at radius 3 is 2.88 bits per heavy atom. The van der Waals surface area contributed by atoms with Crippen molar-refractivity contribution in [3.05, 3.63) is 65.9 Å². The summed E-state index contributed by atoms with van der Waals surface area (Å²) in [4.78, 5) is 23.5. The fraction of sp³-hybridized carbons (Fsp3) is 0.350. The normalized spacial score (nSPS) is 17.3. The average molecular weight is 334 g/mol. The van der Waals surface area contributed by atoms with Crippen LogP contribution in [0.4, 0.5) is 0 Å². The summed E-state index contributed by atoms with van der Waals surface area (Å²) in [6, 6.07) is 8.37. The number of aryl methyl sites for hydroxylation is 2. The van der Waals surface area contributed by atoms with E-state index in [0.29, 0.717) is 11.7 Å². The van der Waals surface area contributed by atoms with Crippen LogP contribution in [0, 0.1) is 6.92 Å². The van der Waals surface area contributed by atoms with Gasteiger partial charge in [-0.3, -0.25) is 9.78 Å². The van der Waals surface area contributed by atoms with Crippen molar-refractivity contribution in [1.82, 2.24) is 19.3 Å². The van der Waals surface area contributed by atoms with Gasteiger partial charge < -0.3 is 9.30 Å². The number of nitrogens with zero attached hydrogens (tertiary/aromatic N) is 4. The van der Waals surface area contributed by atoms with E-state index in [2.05, 4.69) is 9.97 Å². The molecule has 0 spiro atoms. The smallest absolute Gasteiger partial charge is 0.274 e. The molecule has 1 fully saturated rings. The summed E-state index contributed by atoms with van der Waals surface area (Å²) in [6.45, 7) is 2.86. The number of carbonyl (C=O) groups is 1. The molecule has 0 unspecified atom stereocenters. The van der Waals surface area contributed by atoms with Gasteiger partial charge in [0.05, 0.1) is 0 Å². The second-order valence-corrected chi connectivity index (χ2v) is 6.79. The Bertz CT molecular complexity index is 887. The predicted octanol–water partition coefficient (Wildman–Crippen LogP) is 3.28. The minimum atomic E-state index is 0.0542. The van der Waals surface area contributed by atoms with E-state index in [1.807, 2.05) is 65.3 Å². The van der Waals surface area contributed by atoms with Crippen molar-refractivity contribution in [2.24, 2.45) is 0 Å². The van der Waals surface area contributed by atoms with Crippen molar-refractivity contribution in [2.75, 3.05) is 6.54 Å².